The van der Waals surface area contributed by atoms with Crippen molar-refractivity contribution in [1.82, 2.24) is 18.9 Å². The van der Waals surface area contributed by atoms with Gasteiger partial charge in [0.25, 0.3) is 11.8 Å². The van der Waals surface area contributed by atoms with Crippen LogP contribution < -0.4 is 0 Å². The van der Waals surface area contributed by atoms with E-state index in [-0.39, 0.29) is 11.8 Å². The number of aryl methyl sites for hydroxylation is 2. The minimum absolute atomic E-state index is 0.0283. The first-order valence-electron chi connectivity index (χ1n) is 41.5. The Morgan fingerprint density at radius 3 is 0.900 bits per heavy atom. The molecule has 0 aliphatic carbocycles. The van der Waals surface area contributed by atoms with Crippen molar-refractivity contribution >= 4 is 92.9 Å². The number of hydrogen-bond donors (Lipinski definition) is 0. The molecule has 6 aromatic rings. The molecule has 0 bridgehead atoms. The number of aromatic nitrogens is 2. The fourth-order valence-corrected chi connectivity index (χ4v) is 19.5. The molecule has 0 N–H and O–H groups in total. The van der Waals surface area contributed by atoms with Crippen LogP contribution in [0.15, 0.2) is 96.3 Å². The van der Waals surface area contributed by atoms with Gasteiger partial charge in [0.15, 0.2) is 0 Å². The highest BCUT2D eigenvalue weighted by Crippen LogP contribution is 2.52. The number of rotatable bonds is 58. The Bertz CT molecular complexity index is 3130. The lowest BCUT2D eigenvalue weighted by Gasteiger charge is -2.29. The van der Waals surface area contributed by atoms with Crippen LogP contribution in [-0.2, 0) is 22.7 Å². The maximum absolute atomic E-state index is 16.3. The number of unbranched alkanes of at least 4 members (excludes halogenated alkanes) is 34. The van der Waals surface area contributed by atoms with Crippen molar-refractivity contribution in [2.45, 2.75) is 337 Å². The van der Waals surface area contributed by atoms with E-state index in [0.717, 1.165) is 59.9 Å². The second-order valence-electron chi connectivity index (χ2n) is 29.8. The molecule has 2 amide bonds. The maximum Gasteiger partial charge on any atom is 0.261 e. The minimum Gasteiger partial charge on any atom is -0.348 e. The third kappa shape index (κ3) is 26.4. The molecule has 0 spiro atoms. The van der Waals surface area contributed by atoms with Gasteiger partial charge in [-0.1, -0.05) is 286 Å². The predicted molar refractivity (Wildman–Crippen MR) is 443 cm³/mol. The molecule has 2 atom stereocenters. The van der Waals surface area contributed by atoms with Crippen LogP contribution in [0.25, 0.3) is 55.2 Å². The number of thiophene rings is 4. The van der Waals surface area contributed by atoms with E-state index < -0.39 is 0 Å². The van der Waals surface area contributed by atoms with Crippen LogP contribution in [0.5, 0.6) is 0 Å². The van der Waals surface area contributed by atoms with E-state index in [0.29, 0.717) is 36.1 Å². The summed E-state index contributed by atoms with van der Waals surface area (Å²) in [7, 11) is 0. The molecule has 100 heavy (non-hydrogen) atoms. The van der Waals surface area contributed by atoms with E-state index >= 15 is 9.59 Å². The van der Waals surface area contributed by atoms with Gasteiger partial charge in [-0.05, 0) is 147 Å². The molecule has 10 heteroatoms. The lowest BCUT2D eigenvalue weighted by Crippen LogP contribution is -2.34. The lowest BCUT2D eigenvalue weighted by molar-refractivity contribution is -0.124. The van der Waals surface area contributed by atoms with Crippen LogP contribution in [0.4, 0.5) is 0 Å². The number of nitrogens with zero attached hydrogens (tertiary/aromatic N) is 4. The highest BCUT2D eigenvalue weighted by Gasteiger charge is 2.50. The van der Waals surface area contributed by atoms with Gasteiger partial charge in [-0.25, -0.2) is 0 Å². The normalized spacial score (nSPS) is 14.2. The fraction of sp³-hybridized carbons (Fsp3) is 0.622. The molecule has 8 rings (SSSR count). The Labute approximate surface area is 625 Å². The number of carbonyl (C=O) groups excluding carboxylic acids is 2. The van der Waals surface area contributed by atoms with E-state index in [9.17, 15) is 0 Å². The molecule has 0 saturated carbocycles. The second-order valence-corrected chi connectivity index (χ2v) is 34.2. The second kappa shape index (κ2) is 47.6. The Kier molecular flexibility index (Phi) is 38.5. The highest BCUT2D eigenvalue weighted by atomic mass is 32.1. The van der Waals surface area contributed by atoms with Gasteiger partial charge in [-0.2, -0.15) is 0 Å². The molecule has 0 fully saturated rings. The molecule has 8 heterocycles. The molecule has 0 saturated heterocycles. The summed E-state index contributed by atoms with van der Waals surface area (Å²) in [5.74, 6) is 0.766. The summed E-state index contributed by atoms with van der Waals surface area (Å²) in [5, 5.41) is 0. The van der Waals surface area contributed by atoms with Crippen molar-refractivity contribution in [2.75, 3.05) is 13.1 Å². The molecule has 0 radical (unpaired) electrons. The predicted octanol–water partition coefficient (Wildman–Crippen LogP) is 29.5. The first kappa shape index (κ1) is 80.9. The molecule has 6 nitrogen and oxygen atoms in total. The third-order valence-electron chi connectivity index (χ3n) is 21.4. The molecular weight excluding hydrogens is 1300 g/mol. The summed E-state index contributed by atoms with van der Waals surface area (Å²) in [6.07, 6.45) is 69.9. The summed E-state index contributed by atoms with van der Waals surface area (Å²) in [5.41, 5.74) is 5.53. The summed E-state index contributed by atoms with van der Waals surface area (Å²) in [6.45, 7) is 17.2. The van der Waals surface area contributed by atoms with Crippen LogP contribution in [0.1, 0.15) is 355 Å². The third-order valence-corrected chi connectivity index (χ3v) is 26.1. The van der Waals surface area contributed by atoms with Crippen LogP contribution >= 0.6 is 45.3 Å². The van der Waals surface area contributed by atoms with E-state index in [1.165, 1.54) is 297 Å². The Hall–Kier alpha value is -4.74. The van der Waals surface area contributed by atoms with Gasteiger partial charge in [0, 0.05) is 79.2 Å². The van der Waals surface area contributed by atoms with Crippen LogP contribution in [0, 0.1) is 11.8 Å². The first-order chi connectivity index (χ1) is 49.3. The van der Waals surface area contributed by atoms with Gasteiger partial charge in [0.1, 0.15) is 0 Å². The average Bonchev–Trinajstić information content (AvgIpc) is 1.55. The molecule has 6 aromatic heterocycles. The molecule has 2 aliphatic rings. The van der Waals surface area contributed by atoms with Crippen molar-refractivity contribution in [1.29, 1.82) is 0 Å². The van der Waals surface area contributed by atoms with Crippen LogP contribution in [0.2, 0.25) is 0 Å². The van der Waals surface area contributed by atoms with Crippen molar-refractivity contribution in [2.24, 2.45) is 11.8 Å². The zero-order valence-electron chi connectivity index (χ0n) is 63.7. The summed E-state index contributed by atoms with van der Waals surface area (Å²) in [4.78, 5) is 46.2. The van der Waals surface area contributed by atoms with E-state index in [1.807, 2.05) is 22.7 Å². The van der Waals surface area contributed by atoms with E-state index in [2.05, 4.69) is 170 Å². The first-order valence-corrected chi connectivity index (χ1v) is 44.7. The standard InChI is InChI=1S/C90H134N4O2S4/c1-7-13-19-25-29-31-33-35-39-45-67-91-69-47-53-75(91)55-57-77-59-61-79(97-77)81-63-65-83(99-81)87-85-86(90(96)93(87)71-73(49-41-23-17-11-5)51-43-37-27-21-15-9-3)88(94(89(85)95)72-74(50-42-24-18-12-6)52-44-38-28-22-16-10-4)84-66-64-82(100-84)80-62-60-78(98-80)58-56-76-54-48-70-92(76)68-46-40-36-34-32-30-26-20-14-8-2/h47-48,53-66,69-70,73-74H,7-46,49-52,67-68,71-72H2,1-6H3/b57-55+,58-56+. The summed E-state index contributed by atoms with van der Waals surface area (Å²) >= 11 is 7.20. The average molecular weight is 1430 g/mol. The van der Waals surface area contributed by atoms with E-state index in [4.69, 9.17) is 0 Å². The number of hydrogen-bond acceptors (Lipinski definition) is 6. The Morgan fingerprint density at radius 1 is 0.300 bits per heavy atom. The number of fused-ring (bicyclic) bond motifs is 1. The monoisotopic (exact) mass is 1430 g/mol. The van der Waals surface area contributed by atoms with Gasteiger partial charge >= 0.3 is 0 Å². The van der Waals surface area contributed by atoms with Gasteiger partial charge in [-0.15, -0.1) is 45.3 Å². The molecule has 2 aliphatic heterocycles. The fourth-order valence-electron chi connectivity index (χ4n) is 15.4. The Morgan fingerprint density at radius 2 is 0.570 bits per heavy atom. The SMILES string of the molecule is CCCCCCCCCCCCn1cccc1/C=C/c1ccc(-c2ccc(C3=C4C(=O)N(CC(CCCCCC)CCCCCCCC)C(c5ccc(-c6ccc(/C=C/c7cccn7CCCCCCCCCCCC)s6)s5)=C4C(=O)N3CC(CCCCCC)CCCCCCCC)s2)s1. The number of amides is 2. The quantitative estimate of drug-likeness (QED) is 0.0357. The summed E-state index contributed by atoms with van der Waals surface area (Å²) < 4.78 is 4.85. The zero-order valence-corrected chi connectivity index (χ0v) is 67.0. The lowest BCUT2D eigenvalue weighted by atomic mass is 9.93. The largest absolute Gasteiger partial charge is 0.348 e. The highest BCUT2D eigenvalue weighted by molar-refractivity contribution is 7.23. The maximum atomic E-state index is 16.3. The van der Waals surface area contributed by atoms with Gasteiger partial charge in [0.2, 0.25) is 0 Å². The molecule has 0 aromatic carbocycles. The van der Waals surface area contributed by atoms with Crippen molar-refractivity contribution in [3.8, 4) is 19.5 Å². The smallest absolute Gasteiger partial charge is 0.261 e. The molecular formula is C90H134N4O2S4. The van der Waals surface area contributed by atoms with Crippen LogP contribution in [-0.4, -0.2) is 43.8 Å². The topological polar surface area (TPSA) is 50.5 Å². The number of carbonyl (C=O) groups is 2. The van der Waals surface area contributed by atoms with Gasteiger partial charge in [-0.3, -0.25) is 9.59 Å². The molecule has 2 unspecified atom stereocenters. The van der Waals surface area contributed by atoms with Gasteiger partial charge in [0.05, 0.1) is 32.3 Å². The molecule has 550 valence electrons. The van der Waals surface area contributed by atoms with Crippen molar-refractivity contribution < 1.29 is 9.59 Å². The van der Waals surface area contributed by atoms with Gasteiger partial charge < -0.3 is 18.9 Å². The van der Waals surface area contributed by atoms with Crippen LogP contribution in [0.3, 0.4) is 0 Å². The zero-order chi connectivity index (χ0) is 70.2. The summed E-state index contributed by atoms with van der Waals surface area (Å²) in [6, 6.07) is 27.0. The van der Waals surface area contributed by atoms with E-state index in [1.54, 1.807) is 22.7 Å². The van der Waals surface area contributed by atoms with Crippen molar-refractivity contribution in [3.63, 3.8) is 0 Å². The Balaban J connectivity index is 1.09. The van der Waals surface area contributed by atoms with Crippen molar-refractivity contribution in [3.05, 3.63) is 127 Å². The minimum atomic E-state index is 0.0283.